The minimum Gasteiger partial charge on any atom is -0.0956 e. The molecule has 0 aromatic carbocycles. The maximum Gasteiger partial charge on any atom is -0.0225 e. The Morgan fingerprint density at radius 3 is 2.12 bits per heavy atom. The summed E-state index contributed by atoms with van der Waals surface area (Å²) in [6, 6.07) is 0. The molecule has 0 aliphatic carbocycles. The number of hydrogen-bond acceptors (Lipinski definition) is 0. The molecule has 0 heteroatoms. The molecule has 0 radical (unpaired) electrons. The molecule has 0 aromatic rings. The average molecular weight is 110 g/mol. The van der Waals surface area contributed by atoms with Gasteiger partial charge in [0.1, 0.15) is 0 Å². The van der Waals surface area contributed by atoms with Crippen molar-refractivity contribution in [2.24, 2.45) is 5.92 Å². The van der Waals surface area contributed by atoms with Gasteiger partial charge in [0.2, 0.25) is 0 Å². The summed E-state index contributed by atoms with van der Waals surface area (Å²) >= 11 is 0. The molecular formula is C8H14. The topological polar surface area (TPSA) is 0 Å². The molecule has 8 heavy (non-hydrogen) atoms. The van der Waals surface area contributed by atoms with Gasteiger partial charge in [0.25, 0.3) is 0 Å². The fourth-order valence-corrected chi connectivity index (χ4v) is 0.407. The first-order valence-corrected chi connectivity index (χ1v) is 3.00. The van der Waals surface area contributed by atoms with Crippen molar-refractivity contribution in [2.75, 3.05) is 0 Å². The zero-order valence-corrected chi connectivity index (χ0v) is 5.94. The predicted molar refractivity (Wildman–Crippen MR) is 38.8 cm³/mol. The van der Waals surface area contributed by atoms with Gasteiger partial charge in [-0.3, -0.25) is 0 Å². The van der Waals surface area contributed by atoms with Crippen molar-refractivity contribution < 1.29 is 0 Å². The van der Waals surface area contributed by atoms with E-state index in [-0.39, 0.29) is 0 Å². The summed E-state index contributed by atoms with van der Waals surface area (Å²) in [4.78, 5) is 0. The molecule has 0 bridgehead atoms. The Kier molecular flexibility index (Phi) is 3.25. The molecule has 0 aliphatic heterocycles. The van der Waals surface area contributed by atoms with Crippen LogP contribution in [-0.4, -0.2) is 0 Å². The third-order valence-electron chi connectivity index (χ3n) is 1.12. The summed E-state index contributed by atoms with van der Waals surface area (Å²) in [6.45, 7) is 10.1. The van der Waals surface area contributed by atoms with Gasteiger partial charge in [-0.15, -0.1) is 0 Å². The molecule has 0 atom stereocenters. The summed E-state index contributed by atoms with van der Waals surface area (Å²) in [5.41, 5.74) is 1.20. The molecule has 0 aromatic heterocycles. The lowest BCUT2D eigenvalue weighted by atomic mass is 10.1. The van der Waals surface area contributed by atoms with Crippen molar-refractivity contribution in [3.63, 3.8) is 0 Å². The van der Waals surface area contributed by atoms with Gasteiger partial charge in [-0.25, -0.2) is 0 Å². The van der Waals surface area contributed by atoms with E-state index in [1.807, 2.05) is 19.1 Å². The molecule has 0 unspecified atom stereocenters. The van der Waals surface area contributed by atoms with Crippen LogP contribution in [0.1, 0.15) is 20.8 Å². The first kappa shape index (κ1) is 7.48. The van der Waals surface area contributed by atoms with Crippen LogP contribution >= 0.6 is 0 Å². The van der Waals surface area contributed by atoms with E-state index < -0.39 is 0 Å². The second-order valence-electron chi connectivity index (χ2n) is 2.23. The normalized spacial score (nSPS) is 11.0. The fraction of sp³-hybridized carbons (Fsp3) is 0.500. The van der Waals surface area contributed by atoms with Crippen molar-refractivity contribution in [1.29, 1.82) is 0 Å². The molecule has 0 fully saturated rings. The quantitative estimate of drug-likeness (QED) is 0.479. The number of allylic oxidation sites excluding steroid dienone is 3. The molecule has 0 amide bonds. The molecular weight excluding hydrogens is 96.1 g/mol. The van der Waals surface area contributed by atoms with E-state index in [4.69, 9.17) is 0 Å². The van der Waals surface area contributed by atoms with E-state index in [0.29, 0.717) is 5.92 Å². The zero-order valence-electron chi connectivity index (χ0n) is 5.94. The molecule has 0 saturated carbocycles. The van der Waals surface area contributed by atoms with Gasteiger partial charge < -0.3 is 0 Å². The second-order valence-corrected chi connectivity index (χ2v) is 2.23. The van der Waals surface area contributed by atoms with Crippen molar-refractivity contribution >= 4 is 0 Å². The molecule has 0 aliphatic rings. The first-order valence-electron chi connectivity index (χ1n) is 3.00. The van der Waals surface area contributed by atoms with Gasteiger partial charge in [0, 0.05) is 0 Å². The van der Waals surface area contributed by atoms with Gasteiger partial charge in [0.15, 0.2) is 0 Å². The summed E-state index contributed by atoms with van der Waals surface area (Å²) < 4.78 is 0. The minimum atomic E-state index is 0.589. The Labute approximate surface area is 51.9 Å². The van der Waals surface area contributed by atoms with Crippen LogP contribution in [0.15, 0.2) is 24.3 Å². The maximum absolute atomic E-state index is 3.86. The largest absolute Gasteiger partial charge is 0.0956 e. The molecule has 0 rings (SSSR count). The molecule has 0 spiro atoms. The van der Waals surface area contributed by atoms with E-state index in [1.54, 1.807) is 0 Å². The third-order valence-corrected chi connectivity index (χ3v) is 1.12. The van der Waals surface area contributed by atoms with Gasteiger partial charge >= 0.3 is 0 Å². The number of hydrogen-bond donors (Lipinski definition) is 0. The monoisotopic (exact) mass is 110 g/mol. The van der Waals surface area contributed by atoms with Gasteiger partial charge in [-0.1, -0.05) is 38.2 Å². The second kappa shape index (κ2) is 3.48. The Bertz CT molecular complexity index is 96.6. The SMILES string of the molecule is C=C(/C=C/C)C(C)C. The van der Waals surface area contributed by atoms with Crippen molar-refractivity contribution in [1.82, 2.24) is 0 Å². The molecule has 0 nitrogen and oxygen atoms in total. The van der Waals surface area contributed by atoms with Gasteiger partial charge in [0.05, 0.1) is 0 Å². The third kappa shape index (κ3) is 2.62. The first-order chi connectivity index (χ1) is 3.68. The van der Waals surface area contributed by atoms with Crippen LogP contribution in [0.25, 0.3) is 0 Å². The fourth-order valence-electron chi connectivity index (χ4n) is 0.407. The van der Waals surface area contributed by atoms with Crippen molar-refractivity contribution in [3.05, 3.63) is 24.3 Å². The average Bonchev–Trinajstić information content (AvgIpc) is 1.67. The lowest BCUT2D eigenvalue weighted by molar-refractivity contribution is 0.795. The highest BCUT2D eigenvalue weighted by Crippen LogP contribution is 2.06. The lowest BCUT2D eigenvalue weighted by Crippen LogP contribution is -1.86. The van der Waals surface area contributed by atoms with Crippen LogP contribution in [0.3, 0.4) is 0 Å². The Hall–Kier alpha value is -0.520. The van der Waals surface area contributed by atoms with Crippen LogP contribution in [0.2, 0.25) is 0 Å². The predicted octanol–water partition coefficient (Wildman–Crippen LogP) is 2.77. The molecule has 0 saturated heterocycles. The molecule has 0 heterocycles. The van der Waals surface area contributed by atoms with Gasteiger partial charge in [-0.05, 0) is 12.8 Å². The highest BCUT2D eigenvalue weighted by Gasteiger charge is 1.91. The Morgan fingerprint density at radius 1 is 1.50 bits per heavy atom. The van der Waals surface area contributed by atoms with Crippen molar-refractivity contribution in [3.8, 4) is 0 Å². The highest BCUT2D eigenvalue weighted by molar-refractivity contribution is 5.15. The zero-order chi connectivity index (χ0) is 6.57. The van der Waals surface area contributed by atoms with Gasteiger partial charge in [-0.2, -0.15) is 0 Å². The Morgan fingerprint density at radius 2 is 2.00 bits per heavy atom. The molecule has 46 valence electrons. The smallest absolute Gasteiger partial charge is 0.0225 e. The van der Waals surface area contributed by atoms with E-state index in [2.05, 4.69) is 20.4 Å². The Balaban J connectivity index is 3.66. The van der Waals surface area contributed by atoms with Crippen LogP contribution in [0.4, 0.5) is 0 Å². The number of rotatable bonds is 2. The van der Waals surface area contributed by atoms with E-state index in [1.165, 1.54) is 5.57 Å². The van der Waals surface area contributed by atoms with Crippen LogP contribution in [0, 0.1) is 5.92 Å². The van der Waals surface area contributed by atoms with Crippen LogP contribution < -0.4 is 0 Å². The van der Waals surface area contributed by atoms with Crippen molar-refractivity contribution in [2.45, 2.75) is 20.8 Å². The summed E-state index contributed by atoms with van der Waals surface area (Å²) in [5.74, 6) is 0.589. The summed E-state index contributed by atoms with van der Waals surface area (Å²) in [5, 5.41) is 0. The van der Waals surface area contributed by atoms with E-state index in [9.17, 15) is 0 Å². The van der Waals surface area contributed by atoms with Crippen LogP contribution in [-0.2, 0) is 0 Å². The minimum absolute atomic E-state index is 0.589. The summed E-state index contributed by atoms with van der Waals surface area (Å²) in [6.07, 6.45) is 4.06. The maximum atomic E-state index is 3.86. The van der Waals surface area contributed by atoms with E-state index >= 15 is 0 Å². The summed E-state index contributed by atoms with van der Waals surface area (Å²) in [7, 11) is 0. The molecule has 0 N–H and O–H groups in total. The standard InChI is InChI=1S/C8H14/c1-5-6-8(4)7(2)3/h5-7H,4H2,1-3H3/b6-5+. The highest BCUT2D eigenvalue weighted by atomic mass is 14.0. The van der Waals surface area contributed by atoms with Crippen LogP contribution in [0.5, 0.6) is 0 Å². The lowest BCUT2D eigenvalue weighted by Gasteiger charge is -2.00. The van der Waals surface area contributed by atoms with E-state index in [0.717, 1.165) is 0 Å².